The largest absolute Gasteiger partial charge is 0.419 e. The topological polar surface area (TPSA) is 49.6 Å². The van der Waals surface area contributed by atoms with Gasteiger partial charge in [-0.1, -0.05) is 0 Å². The first-order chi connectivity index (χ1) is 12.2. The number of halogens is 5. The van der Waals surface area contributed by atoms with Crippen molar-refractivity contribution < 1.29 is 17.6 Å². The van der Waals surface area contributed by atoms with Crippen LogP contribution in [0, 0.1) is 12.7 Å². The molecule has 1 aliphatic rings. The molecule has 0 spiro atoms. The Morgan fingerprint density at radius 3 is 2.33 bits per heavy atom. The van der Waals surface area contributed by atoms with Gasteiger partial charge in [0.05, 0.1) is 11.1 Å². The molecule has 3 heterocycles. The molecule has 1 fully saturated rings. The number of likely N-dealkylation sites (N-methyl/N-ethyl adjacent to an activating group) is 1. The van der Waals surface area contributed by atoms with Gasteiger partial charge in [-0.25, -0.2) is 14.4 Å². The molecular weight excluding hydrogens is 388 g/mol. The second-order valence-corrected chi connectivity index (χ2v) is 6.44. The van der Waals surface area contributed by atoms with Gasteiger partial charge >= 0.3 is 6.18 Å². The third-order valence-corrected chi connectivity index (χ3v) is 4.54. The lowest BCUT2D eigenvalue weighted by Gasteiger charge is -2.33. The molecule has 0 saturated carbocycles. The molecule has 6 nitrogen and oxygen atoms in total. The Hall–Kier alpha value is -2.20. The van der Waals surface area contributed by atoms with Gasteiger partial charge in [0, 0.05) is 37.6 Å². The van der Waals surface area contributed by atoms with E-state index in [1.54, 1.807) is 6.92 Å². The number of aryl methyl sites for hydroxylation is 1. The fraction of sp³-hybridized carbons (Fsp3) is 0.438. The van der Waals surface area contributed by atoms with Crippen molar-refractivity contribution in [3.05, 3.63) is 29.3 Å². The first kappa shape index (κ1) is 19.6. The highest BCUT2D eigenvalue weighted by molar-refractivity contribution is 5.93. The van der Waals surface area contributed by atoms with E-state index in [9.17, 15) is 17.6 Å². The Balaban J connectivity index is 0.00000210. The Morgan fingerprint density at radius 2 is 1.70 bits per heavy atom. The predicted molar refractivity (Wildman–Crippen MR) is 94.9 cm³/mol. The molecule has 1 aromatic carbocycles. The zero-order valence-corrected chi connectivity index (χ0v) is 15.4. The van der Waals surface area contributed by atoms with Crippen LogP contribution < -0.4 is 4.90 Å². The molecule has 2 aromatic heterocycles. The number of aromatic nitrogens is 4. The molecule has 146 valence electrons. The number of hydrogen-bond donors (Lipinski definition) is 0. The second-order valence-electron chi connectivity index (χ2n) is 6.44. The van der Waals surface area contributed by atoms with Gasteiger partial charge in [0.15, 0.2) is 5.65 Å². The quantitative estimate of drug-likeness (QED) is 0.584. The SMILES string of the molecule is Cc1nc2c3cc(C(F)(F)F)c(F)cc3nc(N3CCN(C)CC3)n2n1.Cl. The van der Waals surface area contributed by atoms with E-state index in [4.69, 9.17) is 0 Å². The Bertz CT molecular complexity index is 994. The van der Waals surface area contributed by atoms with E-state index in [1.165, 1.54) is 4.52 Å². The first-order valence-electron chi connectivity index (χ1n) is 8.11. The van der Waals surface area contributed by atoms with Gasteiger partial charge in [0.1, 0.15) is 11.6 Å². The van der Waals surface area contributed by atoms with Crippen molar-refractivity contribution in [3.63, 3.8) is 0 Å². The molecule has 0 bridgehead atoms. The summed E-state index contributed by atoms with van der Waals surface area (Å²) in [5.74, 6) is -0.477. The Kier molecular flexibility index (Phi) is 4.89. The number of rotatable bonds is 1. The van der Waals surface area contributed by atoms with E-state index < -0.39 is 17.6 Å². The minimum Gasteiger partial charge on any atom is -0.338 e. The molecule has 27 heavy (non-hydrogen) atoms. The number of hydrogen-bond acceptors (Lipinski definition) is 5. The smallest absolute Gasteiger partial charge is 0.338 e. The fourth-order valence-electron chi connectivity index (χ4n) is 3.15. The Morgan fingerprint density at radius 1 is 1.04 bits per heavy atom. The van der Waals surface area contributed by atoms with Crippen LogP contribution in [0.15, 0.2) is 12.1 Å². The number of benzene rings is 1. The van der Waals surface area contributed by atoms with Gasteiger partial charge in [-0.3, -0.25) is 0 Å². The summed E-state index contributed by atoms with van der Waals surface area (Å²) < 4.78 is 54.7. The van der Waals surface area contributed by atoms with Crippen molar-refractivity contribution in [1.29, 1.82) is 0 Å². The fourth-order valence-corrected chi connectivity index (χ4v) is 3.15. The van der Waals surface area contributed by atoms with Crippen molar-refractivity contribution in [3.8, 4) is 0 Å². The van der Waals surface area contributed by atoms with E-state index in [2.05, 4.69) is 20.0 Å². The molecule has 0 atom stereocenters. The molecule has 11 heteroatoms. The zero-order valence-electron chi connectivity index (χ0n) is 14.6. The molecule has 1 aliphatic heterocycles. The van der Waals surface area contributed by atoms with E-state index in [-0.39, 0.29) is 29.0 Å². The van der Waals surface area contributed by atoms with E-state index >= 15 is 0 Å². The lowest BCUT2D eigenvalue weighted by Crippen LogP contribution is -2.45. The van der Waals surface area contributed by atoms with Crippen LogP contribution in [0.25, 0.3) is 16.6 Å². The molecule has 0 aliphatic carbocycles. The van der Waals surface area contributed by atoms with Crippen LogP contribution in [-0.2, 0) is 6.18 Å². The zero-order chi connectivity index (χ0) is 18.6. The predicted octanol–water partition coefficient (Wildman–Crippen LogP) is 2.92. The maximum absolute atomic E-state index is 14.0. The minimum atomic E-state index is -4.79. The van der Waals surface area contributed by atoms with Crippen LogP contribution >= 0.6 is 12.4 Å². The summed E-state index contributed by atoms with van der Waals surface area (Å²) in [6.45, 7) is 4.66. The monoisotopic (exact) mass is 404 g/mol. The molecule has 0 amide bonds. The summed E-state index contributed by atoms with van der Waals surface area (Å²) in [5.41, 5.74) is -0.960. The molecule has 1 saturated heterocycles. The van der Waals surface area contributed by atoms with Crippen molar-refractivity contribution in [2.75, 3.05) is 38.1 Å². The van der Waals surface area contributed by atoms with E-state index in [0.29, 0.717) is 24.9 Å². The first-order valence-corrected chi connectivity index (χ1v) is 8.11. The molecular formula is C16H17ClF4N6. The van der Waals surface area contributed by atoms with Crippen molar-refractivity contribution in [1.82, 2.24) is 24.5 Å². The van der Waals surface area contributed by atoms with Gasteiger partial charge in [0.25, 0.3) is 0 Å². The van der Waals surface area contributed by atoms with Crippen LogP contribution in [0.3, 0.4) is 0 Å². The summed E-state index contributed by atoms with van der Waals surface area (Å²) in [7, 11) is 2.01. The maximum atomic E-state index is 14.0. The molecule has 0 radical (unpaired) electrons. The third-order valence-electron chi connectivity index (χ3n) is 4.54. The van der Waals surface area contributed by atoms with Gasteiger partial charge in [-0.2, -0.15) is 17.7 Å². The van der Waals surface area contributed by atoms with Crippen LogP contribution in [0.4, 0.5) is 23.5 Å². The molecule has 3 aromatic rings. The highest BCUT2D eigenvalue weighted by Crippen LogP contribution is 2.35. The summed E-state index contributed by atoms with van der Waals surface area (Å²) >= 11 is 0. The van der Waals surface area contributed by atoms with Crippen LogP contribution in [-0.4, -0.2) is 57.7 Å². The highest BCUT2D eigenvalue weighted by atomic mass is 35.5. The van der Waals surface area contributed by atoms with Crippen LogP contribution in [0.1, 0.15) is 11.4 Å². The standard InChI is InChI=1S/C16H16F4N6.ClH/c1-9-21-14-10-7-11(16(18,19)20)12(17)8-13(10)22-15(26(14)23-9)25-5-3-24(2)4-6-25;/h7-8H,3-6H2,1-2H3;1H. The number of anilines is 1. The van der Waals surface area contributed by atoms with E-state index in [0.717, 1.165) is 25.2 Å². The maximum Gasteiger partial charge on any atom is 0.419 e. The minimum absolute atomic E-state index is 0. The number of piperazine rings is 1. The second kappa shape index (κ2) is 6.75. The van der Waals surface area contributed by atoms with Gasteiger partial charge in [-0.15, -0.1) is 17.5 Å². The van der Waals surface area contributed by atoms with Gasteiger partial charge < -0.3 is 9.80 Å². The molecule has 4 rings (SSSR count). The van der Waals surface area contributed by atoms with E-state index in [1.807, 2.05) is 11.9 Å². The normalized spacial score (nSPS) is 16.1. The van der Waals surface area contributed by atoms with Crippen LogP contribution in [0.2, 0.25) is 0 Å². The number of fused-ring (bicyclic) bond motifs is 3. The van der Waals surface area contributed by atoms with Crippen molar-refractivity contribution in [2.24, 2.45) is 0 Å². The number of nitrogens with zero attached hydrogens (tertiary/aromatic N) is 6. The summed E-state index contributed by atoms with van der Waals surface area (Å²) in [6.07, 6.45) is -4.79. The average molecular weight is 405 g/mol. The lowest BCUT2D eigenvalue weighted by molar-refractivity contribution is -0.139. The molecule has 0 unspecified atom stereocenters. The average Bonchev–Trinajstić information content (AvgIpc) is 2.95. The van der Waals surface area contributed by atoms with Crippen molar-refractivity contribution in [2.45, 2.75) is 13.1 Å². The lowest BCUT2D eigenvalue weighted by atomic mass is 10.1. The van der Waals surface area contributed by atoms with Gasteiger partial charge in [0.2, 0.25) is 5.95 Å². The summed E-state index contributed by atoms with van der Waals surface area (Å²) in [5, 5.41) is 4.41. The Labute approximate surface area is 158 Å². The summed E-state index contributed by atoms with van der Waals surface area (Å²) in [6, 6.07) is 1.58. The molecule has 0 N–H and O–H groups in total. The summed E-state index contributed by atoms with van der Waals surface area (Å²) in [4.78, 5) is 12.8. The number of alkyl halides is 3. The van der Waals surface area contributed by atoms with Crippen LogP contribution in [0.5, 0.6) is 0 Å². The van der Waals surface area contributed by atoms with Crippen molar-refractivity contribution >= 4 is 34.9 Å². The highest BCUT2D eigenvalue weighted by Gasteiger charge is 2.35. The van der Waals surface area contributed by atoms with Gasteiger partial charge in [-0.05, 0) is 20.0 Å². The third kappa shape index (κ3) is 3.39.